The van der Waals surface area contributed by atoms with E-state index in [4.69, 9.17) is 9.15 Å². The Bertz CT molecular complexity index is 1200. The maximum absolute atomic E-state index is 12.4. The van der Waals surface area contributed by atoms with Crippen LogP contribution in [0.2, 0.25) is 0 Å². The number of carbonyl (C=O) groups is 2. The molecule has 0 aliphatic carbocycles. The van der Waals surface area contributed by atoms with Crippen LogP contribution in [0, 0.1) is 0 Å². The predicted molar refractivity (Wildman–Crippen MR) is 115 cm³/mol. The SMILES string of the molecule is COc1ccc(CNC(=O)CNC(=O)Cc2coc3ccc4ccccc4c23)cc1. The second-order valence-electron chi connectivity index (χ2n) is 7.00. The molecule has 30 heavy (non-hydrogen) atoms. The number of hydrogen-bond donors (Lipinski definition) is 2. The molecule has 0 bridgehead atoms. The van der Waals surface area contributed by atoms with Gasteiger partial charge in [-0.15, -0.1) is 0 Å². The van der Waals surface area contributed by atoms with Crippen LogP contribution in [0.25, 0.3) is 21.7 Å². The zero-order chi connectivity index (χ0) is 20.9. The average Bonchev–Trinajstić information content (AvgIpc) is 3.19. The molecule has 0 spiro atoms. The molecule has 0 saturated heterocycles. The number of rotatable bonds is 7. The van der Waals surface area contributed by atoms with Gasteiger partial charge < -0.3 is 19.8 Å². The number of methoxy groups -OCH3 is 1. The Hall–Kier alpha value is -3.80. The molecule has 4 rings (SSSR count). The highest BCUT2D eigenvalue weighted by molar-refractivity contribution is 6.08. The van der Waals surface area contributed by atoms with E-state index < -0.39 is 0 Å². The molecular formula is C24H22N2O4. The van der Waals surface area contributed by atoms with Gasteiger partial charge in [0.25, 0.3) is 0 Å². The Kier molecular flexibility index (Phi) is 5.66. The van der Waals surface area contributed by atoms with E-state index in [1.165, 1.54) is 0 Å². The topological polar surface area (TPSA) is 80.6 Å². The van der Waals surface area contributed by atoms with Gasteiger partial charge in [0, 0.05) is 17.5 Å². The van der Waals surface area contributed by atoms with Crippen LogP contribution in [0.3, 0.4) is 0 Å². The first-order valence-electron chi connectivity index (χ1n) is 9.68. The first-order valence-corrected chi connectivity index (χ1v) is 9.68. The Morgan fingerprint density at radius 1 is 0.933 bits per heavy atom. The molecule has 2 amide bonds. The Morgan fingerprint density at radius 2 is 1.73 bits per heavy atom. The fourth-order valence-electron chi connectivity index (χ4n) is 3.43. The highest BCUT2D eigenvalue weighted by Crippen LogP contribution is 2.30. The van der Waals surface area contributed by atoms with E-state index >= 15 is 0 Å². The van der Waals surface area contributed by atoms with Gasteiger partial charge in [0.05, 0.1) is 26.3 Å². The fraction of sp³-hybridized carbons (Fsp3) is 0.167. The van der Waals surface area contributed by atoms with E-state index in [0.29, 0.717) is 6.54 Å². The summed E-state index contributed by atoms with van der Waals surface area (Å²) in [6, 6.07) is 19.3. The third kappa shape index (κ3) is 4.27. The molecule has 3 aromatic carbocycles. The van der Waals surface area contributed by atoms with Crippen molar-refractivity contribution >= 4 is 33.6 Å². The van der Waals surface area contributed by atoms with Crippen molar-refractivity contribution in [3.63, 3.8) is 0 Å². The Balaban J connectivity index is 1.33. The van der Waals surface area contributed by atoms with E-state index in [9.17, 15) is 9.59 Å². The maximum atomic E-state index is 12.4. The number of fused-ring (bicyclic) bond motifs is 3. The molecule has 0 aliphatic heterocycles. The van der Waals surface area contributed by atoms with E-state index in [2.05, 4.69) is 10.6 Å². The van der Waals surface area contributed by atoms with Gasteiger partial charge >= 0.3 is 0 Å². The van der Waals surface area contributed by atoms with Crippen LogP contribution in [0.1, 0.15) is 11.1 Å². The summed E-state index contributed by atoms with van der Waals surface area (Å²) in [4.78, 5) is 24.5. The van der Waals surface area contributed by atoms with Crippen LogP contribution in [0.15, 0.2) is 71.3 Å². The third-order valence-electron chi connectivity index (χ3n) is 4.99. The summed E-state index contributed by atoms with van der Waals surface area (Å²) in [7, 11) is 1.61. The van der Waals surface area contributed by atoms with Gasteiger partial charge in [0.15, 0.2) is 0 Å². The Labute approximate surface area is 173 Å². The van der Waals surface area contributed by atoms with E-state index in [-0.39, 0.29) is 24.8 Å². The van der Waals surface area contributed by atoms with Crippen molar-refractivity contribution in [3.8, 4) is 5.75 Å². The number of hydrogen-bond acceptors (Lipinski definition) is 4. The van der Waals surface area contributed by atoms with Gasteiger partial charge in [-0.3, -0.25) is 9.59 Å². The summed E-state index contributed by atoms with van der Waals surface area (Å²) in [6.07, 6.45) is 1.76. The van der Waals surface area contributed by atoms with Gasteiger partial charge in [0.1, 0.15) is 11.3 Å². The van der Waals surface area contributed by atoms with Gasteiger partial charge in [-0.2, -0.15) is 0 Å². The molecule has 0 saturated carbocycles. The molecule has 2 N–H and O–H groups in total. The first-order chi connectivity index (χ1) is 14.6. The highest BCUT2D eigenvalue weighted by atomic mass is 16.5. The van der Waals surface area contributed by atoms with Gasteiger partial charge in [0.2, 0.25) is 11.8 Å². The quantitative estimate of drug-likeness (QED) is 0.495. The Morgan fingerprint density at radius 3 is 2.53 bits per heavy atom. The van der Waals surface area contributed by atoms with Crippen molar-refractivity contribution in [2.24, 2.45) is 0 Å². The molecule has 0 unspecified atom stereocenters. The minimum absolute atomic E-state index is 0.0779. The van der Waals surface area contributed by atoms with E-state index in [1.54, 1.807) is 13.4 Å². The second kappa shape index (κ2) is 8.69. The summed E-state index contributed by atoms with van der Waals surface area (Å²) in [6.45, 7) is 0.308. The molecule has 4 aromatic rings. The van der Waals surface area contributed by atoms with Crippen LogP contribution >= 0.6 is 0 Å². The summed E-state index contributed by atoms with van der Waals surface area (Å²) in [5.41, 5.74) is 2.50. The molecule has 6 nitrogen and oxygen atoms in total. The minimum Gasteiger partial charge on any atom is -0.497 e. The monoisotopic (exact) mass is 402 g/mol. The minimum atomic E-state index is -0.248. The zero-order valence-electron chi connectivity index (χ0n) is 16.6. The van der Waals surface area contributed by atoms with E-state index in [1.807, 2.05) is 60.7 Å². The molecule has 0 atom stereocenters. The van der Waals surface area contributed by atoms with Crippen molar-refractivity contribution < 1.29 is 18.7 Å². The number of ether oxygens (including phenoxy) is 1. The largest absolute Gasteiger partial charge is 0.497 e. The molecule has 6 heteroatoms. The molecule has 1 aromatic heterocycles. The van der Waals surface area contributed by atoms with Crippen LogP contribution in [0.4, 0.5) is 0 Å². The molecule has 0 fully saturated rings. The number of amides is 2. The number of carbonyl (C=O) groups excluding carboxylic acids is 2. The van der Waals surface area contributed by atoms with Crippen molar-refractivity contribution in [1.82, 2.24) is 10.6 Å². The summed E-state index contributed by atoms with van der Waals surface area (Å²) < 4.78 is 10.7. The second-order valence-corrected chi connectivity index (χ2v) is 7.00. The molecule has 1 heterocycles. The summed E-state index contributed by atoms with van der Waals surface area (Å²) >= 11 is 0. The zero-order valence-corrected chi connectivity index (χ0v) is 16.6. The number of benzene rings is 3. The summed E-state index contributed by atoms with van der Waals surface area (Å²) in [5.74, 6) is 0.281. The highest BCUT2D eigenvalue weighted by Gasteiger charge is 2.14. The van der Waals surface area contributed by atoms with Crippen molar-refractivity contribution in [2.75, 3.05) is 13.7 Å². The van der Waals surface area contributed by atoms with Gasteiger partial charge in [-0.05, 0) is 34.5 Å². The van der Waals surface area contributed by atoms with Crippen LogP contribution in [0.5, 0.6) is 5.75 Å². The molecule has 152 valence electrons. The lowest BCUT2D eigenvalue weighted by Gasteiger charge is -2.08. The molecule has 0 aliphatic rings. The lowest BCUT2D eigenvalue weighted by Crippen LogP contribution is -2.37. The van der Waals surface area contributed by atoms with Gasteiger partial charge in [-0.25, -0.2) is 0 Å². The third-order valence-corrected chi connectivity index (χ3v) is 4.99. The van der Waals surface area contributed by atoms with E-state index in [0.717, 1.165) is 38.6 Å². The number of nitrogens with one attached hydrogen (secondary N) is 2. The van der Waals surface area contributed by atoms with Crippen LogP contribution < -0.4 is 15.4 Å². The fourth-order valence-corrected chi connectivity index (χ4v) is 3.43. The normalized spacial score (nSPS) is 10.8. The first kappa shape index (κ1) is 19.5. The molecule has 0 radical (unpaired) electrons. The number of furan rings is 1. The predicted octanol–water partition coefficient (Wildman–Crippen LogP) is 3.57. The average molecular weight is 402 g/mol. The van der Waals surface area contributed by atoms with Crippen molar-refractivity contribution in [1.29, 1.82) is 0 Å². The lowest BCUT2D eigenvalue weighted by molar-refractivity contribution is -0.125. The van der Waals surface area contributed by atoms with Gasteiger partial charge in [-0.1, -0.05) is 42.5 Å². The maximum Gasteiger partial charge on any atom is 0.239 e. The van der Waals surface area contributed by atoms with Crippen LogP contribution in [-0.2, 0) is 22.6 Å². The lowest BCUT2D eigenvalue weighted by atomic mass is 10.0. The standard InChI is InChI=1S/C24H22N2O4/c1-29-19-9-6-16(7-10-19)13-25-23(28)14-26-22(27)12-18-15-30-21-11-8-17-4-2-3-5-20(17)24(18)21/h2-11,15H,12-14H2,1H3,(H,25,28)(H,26,27). The van der Waals surface area contributed by atoms with Crippen molar-refractivity contribution in [2.45, 2.75) is 13.0 Å². The summed E-state index contributed by atoms with van der Waals surface area (Å²) in [5, 5.41) is 8.54. The van der Waals surface area contributed by atoms with Crippen molar-refractivity contribution in [3.05, 3.63) is 78.1 Å². The molecular weight excluding hydrogens is 380 g/mol. The smallest absolute Gasteiger partial charge is 0.239 e. The van der Waals surface area contributed by atoms with Crippen LogP contribution in [-0.4, -0.2) is 25.5 Å².